The van der Waals surface area contributed by atoms with Crippen molar-refractivity contribution in [2.45, 2.75) is 118 Å². The number of carboxylic acids is 1. The molecular formula is C22H44O2. The Balaban J connectivity index is 4.22. The molecule has 0 aromatic rings. The highest BCUT2D eigenvalue weighted by Crippen LogP contribution is 2.40. The van der Waals surface area contributed by atoms with Gasteiger partial charge in [0.15, 0.2) is 0 Å². The smallest absolute Gasteiger partial charge is 0.307 e. The van der Waals surface area contributed by atoms with Crippen molar-refractivity contribution in [3.8, 4) is 0 Å². The van der Waals surface area contributed by atoms with E-state index in [1.165, 1.54) is 51.4 Å². The molecule has 0 aliphatic carbocycles. The Kier molecular flexibility index (Phi) is 13.4. The largest absolute Gasteiger partial charge is 0.481 e. The van der Waals surface area contributed by atoms with Crippen molar-refractivity contribution in [1.29, 1.82) is 0 Å². The number of hydrogen-bond acceptors (Lipinski definition) is 1. The van der Waals surface area contributed by atoms with Crippen LogP contribution in [0.2, 0.25) is 0 Å². The topological polar surface area (TPSA) is 37.3 Å². The Morgan fingerprint density at radius 3 is 1.88 bits per heavy atom. The van der Waals surface area contributed by atoms with Gasteiger partial charge in [0.25, 0.3) is 0 Å². The first-order chi connectivity index (χ1) is 11.4. The molecule has 24 heavy (non-hydrogen) atoms. The van der Waals surface area contributed by atoms with E-state index in [0.29, 0.717) is 5.92 Å². The number of carbonyl (C=O) groups is 1. The SMILES string of the molecule is CCCCCCCCCCC(C(=O)O)C(C)(CC)CCCC(C)C. The standard InChI is InChI=1S/C22H44O2/c1-6-8-9-10-11-12-13-14-17-20(21(23)24)22(5,7-2)18-15-16-19(3)4/h19-20H,6-18H2,1-5H3,(H,23,24). The van der Waals surface area contributed by atoms with Gasteiger partial charge in [-0.15, -0.1) is 0 Å². The zero-order chi connectivity index (χ0) is 18.4. The molecule has 0 heterocycles. The minimum atomic E-state index is -0.577. The lowest BCUT2D eigenvalue weighted by atomic mass is 9.69. The fraction of sp³-hybridized carbons (Fsp3) is 0.955. The number of carboxylic acid groups (broad SMARTS) is 1. The van der Waals surface area contributed by atoms with Crippen LogP contribution in [-0.4, -0.2) is 11.1 Å². The molecule has 0 aliphatic rings. The minimum absolute atomic E-state index is 0.0398. The van der Waals surface area contributed by atoms with Gasteiger partial charge in [0.2, 0.25) is 0 Å². The van der Waals surface area contributed by atoms with Crippen LogP contribution in [0.1, 0.15) is 118 Å². The summed E-state index contributed by atoms with van der Waals surface area (Å²) in [7, 11) is 0. The first-order valence-corrected chi connectivity index (χ1v) is 10.6. The normalized spacial score (nSPS) is 15.4. The van der Waals surface area contributed by atoms with Crippen molar-refractivity contribution in [3.05, 3.63) is 0 Å². The Morgan fingerprint density at radius 2 is 1.42 bits per heavy atom. The summed E-state index contributed by atoms with van der Waals surface area (Å²) in [5.74, 6) is -0.0383. The van der Waals surface area contributed by atoms with Gasteiger partial charge >= 0.3 is 5.97 Å². The third kappa shape index (κ3) is 10.4. The van der Waals surface area contributed by atoms with E-state index in [-0.39, 0.29) is 11.3 Å². The van der Waals surface area contributed by atoms with E-state index in [9.17, 15) is 9.90 Å². The Morgan fingerprint density at radius 1 is 0.875 bits per heavy atom. The van der Waals surface area contributed by atoms with Gasteiger partial charge in [-0.05, 0) is 30.6 Å². The average molecular weight is 341 g/mol. The molecular weight excluding hydrogens is 296 g/mol. The molecule has 2 atom stereocenters. The zero-order valence-corrected chi connectivity index (χ0v) is 17.2. The first kappa shape index (κ1) is 23.5. The summed E-state index contributed by atoms with van der Waals surface area (Å²) < 4.78 is 0. The van der Waals surface area contributed by atoms with Gasteiger partial charge in [0.1, 0.15) is 0 Å². The van der Waals surface area contributed by atoms with E-state index in [0.717, 1.165) is 32.1 Å². The lowest BCUT2D eigenvalue weighted by Crippen LogP contribution is -2.33. The lowest BCUT2D eigenvalue weighted by molar-refractivity contribution is -0.147. The third-order valence-electron chi connectivity index (χ3n) is 5.82. The summed E-state index contributed by atoms with van der Waals surface area (Å²) >= 11 is 0. The van der Waals surface area contributed by atoms with Gasteiger partial charge < -0.3 is 5.11 Å². The molecule has 0 rings (SSSR count). The summed E-state index contributed by atoms with van der Waals surface area (Å²) in [5.41, 5.74) is -0.0398. The summed E-state index contributed by atoms with van der Waals surface area (Å²) in [5, 5.41) is 9.75. The molecule has 2 heteroatoms. The molecule has 0 spiro atoms. The van der Waals surface area contributed by atoms with E-state index in [4.69, 9.17) is 0 Å². The van der Waals surface area contributed by atoms with Crippen LogP contribution in [0.25, 0.3) is 0 Å². The third-order valence-corrected chi connectivity index (χ3v) is 5.82. The second-order valence-corrected chi connectivity index (χ2v) is 8.45. The molecule has 2 nitrogen and oxygen atoms in total. The van der Waals surface area contributed by atoms with Crippen LogP contribution < -0.4 is 0 Å². The van der Waals surface area contributed by atoms with Crippen LogP contribution in [-0.2, 0) is 4.79 Å². The van der Waals surface area contributed by atoms with Crippen molar-refractivity contribution >= 4 is 5.97 Å². The summed E-state index contributed by atoms with van der Waals surface area (Å²) in [6.45, 7) is 11.1. The van der Waals surface area contributed by atoms with Crippen LogP contribution >= 0.6 is 0 Å². The average Bonchev–Trinajstić information content (AvgIpc) is 2.52. The van der Waals surface area contributed by atoms with Gasteiger partial charge in [-0.3, -0.25) is 4.79 Å². The molecule has 144 valence electrons. The molecule has 2 unspecified atom stereocenters. The number of hydrogen-bond donors (Lipinski definition) is 1. The van der Waals surface area contributed by atoms with Gasteiger partial charge in [0, 0.05) is 0 Å². The summed E-state index contributed by atoms with van der Waals surface area (Å²) in [6, 6.07) is 0. The summed E-state index contributed by atoms with van der Waals surface area (Å²) in [6.07, 6.45) is 15.5. The highest BCUT2D eigenvalue weighted by molar-refractivity contribution is 5.71. The van der Waals surface area contributed by atoms with Crippen molar-refractivity contribution in [1.82, 2.24) is 0 Å². The molecule has 0 aliphatic heterocycles. The molecule has 1 N–H and O–H groups in total. The van der Waals surface area contributed by atoms with Crippen LogP contribution in [0.15, 0.2) is 0 Å². The Bertz CT molecular complexity index is 311. The van der Waals surface area contributed by atoms with Crippen LogP contribution in [0.3, 0.4) is 0 Å². The second kappa shape index (κ2) is 13.7. The van der Waals surface area contributed by atoms with Crippen molar-refractivity contribution in [3.63, 3.8) is 0 Å². The number of aliphatic carboxylic acids is 1. The highest BCUT2D eigenvalue weighted by Gasteiger charge is 2.36. The molecule has 0 bridgehead atoms. The van der Waals surface area contributed by atoms with Crippen LogP contribution in [0, 0.1) is 17.3 Å². The molecule has 0 fully saturated rings. The highest BCUT2D eigenvalue weighted by atomic mass is 16.4. The molecule has 0 aromatic heterocycles. The van der Waals surface area contributed by atoms with E-state index in [1.807, 2.05) is 0 Å². The fourth-order valence-electron chi connectivity index (χ4n) is 3.76. The maximum atomic E-state index is 11.8. The maximum Gasteiger partial charge on any atom is 0.307 e. The second-order valence-electron chi connectivity index (χ2n) is 8.45. The van der Waals surface area contributed by atoms with Crippen LogP contribution in [0.4, 0.5) is 0 Å². The minimum Gasteiger partial charge on any atom is -0.481 e. The predicted molar refractivity (Wildman–Crippen MR) is 105 cm³/mol. The molecule has 0 aromatic carbocycles. The zero-order valence-electron chi connectivity index (χ0n) is 17.2. The molecule has 0 radical (unpaired) electrons. The van der Waals surface area contributed by atoms with E-state index < -0.39 is 5.97 Å². The first-order valence-electron chi connectivity index (χ1n) is 10.6. The quantitative estimate of drug-likeness (QED) is 0.296. The van der Waals surface area contributed by atoms with E-state index >= 15 is 0 Å². The number of rotatable bonds is 16. The fourth-order valence-corrected chi connectivity index (χ4v) is 3.76. The molecule has 0 saturated carbocycles. The number of unbranched alkanes of at least 4 members (excludes halogenated alkanes) is 7. The van der Waals surface area contributed by atoms with E-state index in [1.54, 1.807) is 0 Å². The molecule has 0 saturated heterocycles. The Hall–Kier alpha value is -0.530. The van der Waals surface area contributed by atoms with Gasteiger partial charge in [-0.25, -0.2) is 0 Å². The monoisotopic (exact) mass is 340 g/mol. The van der Waals surface area contributed by atoms with E-state index in [2.05, 4.69) is 34.6 Å². The summed E-state index contributed by atoms with van der Waals surface area (Å²) in [4.78, 5) is 11.8. The Labute approximate surface area is 151 Å². The lowest BCUT2D eigenvalue weighted by Gasteiger charge is -2.35. The van der Waals surface area contributed by atoms with Gasteiger partial charge in [0.05, 0.1) is 5.92 Å². The van der Waals surface area contributed by atoms with Gasteiger partial charge in [-0.1, -0.05) is 98.8 Å². The predicted octanol–water partition coefficient (Wildman–Crippen LogP) is 7.46. The van der Waals surface area contributed by atoms with Crippen molar-refractivity contribution in [2.75, 3.05) is 0 Å². The van der Waals surface area contributed by atoms with Crippen molar-refractivity contribution in [2.24, 2.45) is 17.3 Å². The van der Waals surface area contributed by atoms with Crippen LogP contribution in [0.5, 0.6) is 0 Å². The molecule has 0 amide bonds. The van der Waals surface area contributed by atoms with Gasteiger partial charge in [-0.2, -0.15) is 0 Å². The maximum absolute atomic E-state index is 11.8. The van der Waals surface area contributed by atoms with Crippen molar-refractivity contribution < 1.29 is 9.90 Å².